The number of carbonyl (C=O) groups excluding carboxylic acids is 1. The lowest BCUT2D eigenvalue weighted by molar-refractivity contribution is 0.0461. The van der Waals surface area contributed by atoms with Crippen LogP contribution in [0.5, 0.6) is 17.2 Å². The van der Waals surface area contributed by atoms with E-state index < -0.39 is 0 Å². The smallest absolute Gasteiger partial charge is 0.256 e. The number of methoxy groups -OCH3 is 1. The van der Waals surface area contributed by atoms with Gasteiger partial charge in [0.1, 0.15) is 17.0 Å². The summed E-state index contributed by atoms with van der Waals surface area (Å²) < 4.78 is 23.7. The molecule has 2 saturated heterocycles. The zero-order valence-electron chi connectivity index (χ0n) is 30.4. The molecule has 3 heterocycles. The zero-order chi connectivity index (χ0) is 35.7. The van der Waals surface area contributed by atoms with E-state index in [4.69, 9.17) is 29.7 Å². The SMILES string of the molecule is CCOC(SCC)[C@@H]1CCCN1C(=O)c1cc(OC)c(OCCCCOc2ccc(-c3nc4ccc(N5CCN(C)CC5)cc4[nH]3)cc2)cc1N. The standard InChI is InChI=1S/C39H52N6O5S/c1-5-48-39(51-6-2)34-10-9-17-45(34)38(46)30-25-35(47-4)36(26-31(30)40)50-23-8-7-22-49-29-14-11-27(12-15-29)37-41-32-16-13-28(24-33(32)42-37)44-20-18-43(3)19-21-44/h11-16,24-26,34,39H,5-10,17-23,40H2,1-4H3,(H,41,42)/t34-,39?/m0/s1. The van der Waals surface area contributed by atoms with Crippen molar-refractivity contribution in [2.45, 2.75) is 51.0 Å². The van der Waals surface area contributed by atoms with Gasteiger partial charge in [-0.2, -0.15) is 0 Å². The van der Waals surface area contributed by atoms with Crippen LogP contribution in [0.3, 0.4) is 0 Å². The second-order valence-electron chi connectivity index (χ2n) is 13.1. The molecular weight excluding hydrogens is 665 g/mol. The molecule has 6 rings (SSSR count). The number of hydrogen-bond donors (Lipinski definition) is 2. The Hall–Kier alpha value is -4.13. The molecule has 3 aromatic carbocycles. The molecule has 2 fully saturated rings. The van der Waals surface area contributed by atoms with E-state index in [0.717, 1.165) is 85.8 Å². The summed E-state index contributed by atoms with van der Waals surface area (Å²) in [6, 6.07) is 17.9. The van der Waals surface area contributed by atoms with E-state index in [-0.39, 0.29) is 17.4 Å². The van der Waals surface area contributed by atoms with E-state index in [2.05, 4.69) is 47.0 Å². The van der Waals surface area contributed by atoms with Crippen LogP contribution in [0.15, 0.2) is 54.6 Å². The number of benzene rings is 3. The number of H-pyrrole nitrogens is 1. The Morgan fingerprint density at radius 1 is 0.980 bits per heavy atom. The number of aromatic amines is 1. The van der Waals surface area contributed by atoms with Crippen LogP contribution in [-0.4, -0.2) is 110 Å². The third-order valence-electron chi connectivity index (χ3n) is 9.63. The number of anilines is 2. The first-order valence-electron chi connectivity index (χ1n) is 18.2. The third kappa shape index (κ3) is 8.85. The van der Waals surface area contributed by atoms with Crippen molar-refractivity contribution in [3.8, 4) is 28.6 Å². The molecule has 3 N–H and O–H groups in total. The minimum absolute atomic E-state index is 0.0153. The van der Waals surface area contributed by atoms with Gasteiger partial charge in [-0.3, -0.25) is 4.79 Å². The van der Waals surface area contributed by atoms with Crippen LogP contribution in [0.25, 0.3) is 22.4 Å². The molecule has 1 amide bonds. The second-order valence-corrected chi connectivity index (χ2v) is 14.5. The molecule has 1 unspecified atom stereocenters. The number of aromatic nitrogens is 2. The largest absolute Gasteiger partial charge is 0.494 e. The van der Waals surface area contributed by atoms with Gasteiger partial charge in [0.25, 0.3) is 5.91 Å². The Labute approximate surface area is 305 Å². The number of piperazine rings is 1. The lowest BCUT2D eigenvalue weighted by atomic mass is 10.1. The number of nitrogens with one attached hydrogen (secondary N) is 1. The highest BCUT2D eigenvalue weighted by molar-refractivity contribution is 7.99. The number of nitrogens with two attached hydrogens (primary N) is 1. The molecule has 1 aromatic heterocycles. The molecule has 0 saturated carbocycles. The topological polar surface area (TPSA) is 118 Å². The molecule has 0 bridgehead atoms. The van der Waals surface area contributed by atoms with Gasteiger partial charge in [-0.15, -0.1) is 11.8 Å². The van der Waals surface area contributed by atoms with Crippen LogP contribution >= 0.6 is 11.8 Å². The van der Waals surface area contributed by atoms with Crippen LogP contribution in [-0.2, 0) is 4.74 Å². The number of nitrogens with zero attached hydrogens (tertiary/aromatic N) is 4. The van der Waals surface area contributed by atoms with Gasteiger partial charge in [0.05, 0.1) is 43.0 Å². The maximum absolute atomic E-state index is 13.7. The molecule has 51 heavy (non-hydrogen) atoms. The van der Waals surface area contributed by atoms with Gasteiger partial charge in [0.15, 0.2) is 11.5 Å². The lowest BCUT2D eigenvalue weighted by Gasteiger charge is -2.34. The molecule has 2 aliphatic rings. The number of unbranched alkanes of at least 4 members (excludes halogenated alkanes) is 1. The number of carbonyl (C=O) groups is 1. The molecule has 2 aliphatic heterocycles. The van der Waals surface area contributed by atoms with E-state index in [1.807, 2.05) is 36.1 Å². The Kier molecular flexibility index (Phi) is 12.5. The molecule has 274 valence electrons. The van der Waals surface area contributed by atoms with E-state index >= 15 is 0 Å². The van der Waals surface area contributed by atoms with Crippen LogP contribution in [0.1, 0.15) is 49.9 Å². The third-order valence-corrected chi connectivity index (χ3v) is 10.7. The Morgan fingerprint density at radius 3 is 2.47 bits per heavy atom. The molecular formula is C39H52N6O5S. The number of fused-ring (bicyclic) bond motifs is 1. The summed E-state index contributed by atoms with van der Waals surface area (Å²) in [7, 11) is 3.75. The van der Waals surface area contributed by atoms with Crippen molar-refractivity contribution in [3.63, 3.8) is 0 Å². The summed E-state index contributed by atoms with van der Waals surface area (Å²) in [5.74, 6) is 3.50. The molecule has 0 radical (unpaired) electrons. The number of hydrogen-bond acceptors (Lipinski definition) is 10. The minimum Gasteiger partial charge on any atom is -0.494 e. The number of likely N-dealkylation sites (tertiary alicyclic amines) is 1. The highest BCUT2D eigenvalue weighted by Crippen LogP contribution is 2.36. The van der Waals surface area contributed by atoms with Crippen LogP contribution in [0, 0.1) is 0 Å². The van der Waals surface area contributed by atoms with E-state index in [0.29, 0.717) is 49.1 Å². The lowest BCUT2D eigenvalue weighted by Crippen LogP contribution is -2.44. The fourth-order valence-corrected chi connectivity index (χ4v) is 7.86. The Balaban J connectivity index is 0.971. The van der Waals surface area contributed by atoms with E-state index in [9.17, 15) is 4.79 Å². The van der Waals surface area contributed by atoms with Gasteiger partial charge >= 0.3 is 0 Å². The summed E-state index contributed by atoms with van der Waals surface area (Å²) >= 11 is 1.74. The number of thioether (sulfide) groups is 1. The highest BCUT2D eigenvalue weighted by Gasteiger charge is 2.36. The van der Waals surface area contributed by atoms with E-state index in [1.54, 1.807) is 31.0 Å². The average molecular weight is 717 g/mol. The Morgan fingerprint density at radius 2 is 1.75 bits per heavy atom. The van der Waals surface area contributed by atoms with Crippen LogP contribution in [0.4, 0.5) is 11.4 Å². The normalized spacial score (nSPS) is 17.2. The van der Waals surface area contributed by atoms with Crippen molar-refractivity contribution >= 4 is 40.1 Å². The summed E-state index contributed by atoms with van der Waals surface area (Å²) in [5.41, 5.74) is 11.4. The maximum Gasteiger partial charge on any atom is 0.256 e. The highest BCUT2D eigenvalue weighted by atomic mass is 32.2. The quantitative estimate of drug-likeness (QED) is 0.0753. The van der Waals surface area contributed by atoms with Crippen molar-refractivity contribution in [3.05, 3.63) is 60.2 Å². The van der Waals surface area contributed by atoms with Gasteiger partial charge in [-0.05, 0) is 93.9 Å². The number of ether oxygens (including phenoxy) is 4. The van der Waals surface area contributed by atoms with Crippen molar-refractivity contribution < 1.29 is 23.7 Å². The van der Waals surface area contributed by atoms with Gasteiger partial charge < -0.3 is 44.4 Å². The van der Waals surface area contributed by atoms with Crippen molar-refractivity contribution in [2.24, 2.45) is 0 Å². The minimum atomic E-state index is -0.0978. The number of likely N-dealkylation sites (N-methyl/N-ethyl adjacent to an activating group) is 1. The summed E-state index contributed by atoms with van der Waals surface area (Å²) in [4.78, 5) is 28.7. The van der Waals surface area contributed by atoms with Crippen molar-refractivity contribution in [1.29, 1.82) is 0 Å². The molecule has 4 aromatic rings. The maximum atomic E-state index is 13.7. The molecule has 2 atom stereocenters. The number of imidazole rings is 1. The van der Waals surface area contributed by atoms with Crippen molar-refractivity contribution in [2.75, 3.05) is 83.1 Å². The first kappa shape index (κ1) is 36.7. The monoisotopic (exact) mass is 716 g/mol. The molecule has 0 spiro atoms. The van der Waals surface area contributed by atoms with Gasteiger partial charge in [0, 0.05) is 62.3 Å². The zero-order valence-corrected chi connectivity index (χ0v) is 31.2. The first-order chi connectivity index (χ1) is 24.9. The van der Waals surface area contributed by atoms with Crippen LogP contribution < -0.4 is 24.8 Å². The fourth-order valence-electron chi connectivity index (χ4n) is 6.80. The van der Waals surface area contributed by atoms with Gasteiger partial charge in [0.2, 0.25) is 0 Å². The number of rotatable bonds is 16. The predicted molar refractivity (Wildman–Crippen MR) is 206 cm³/mol. The molecule has 11 nitrogen and oxygen atoms in total. The van der Waals surface area contributed by atoms with Gasteiger partial charge in [-0.1, -0.05) is 6.92 Å². The Bertz CT molecular complexity index is 1740. The van der Waals surface area contributed by atoms with E-state index in [1.165, 1.54) is 5.69 Å². The number of nitrogen functional groups attached to an aromatic ring is 1. The first-order valence-corrected chi connectivity index (χ1v) is 19.2. The van der Waals surface area contributed by atoms with Crippen molar-refractivity contribution in [1.82, 2.24) is 19.8 Å². The average Bonchev–Trinajstić information content (AvgIpc) is 3.81. The fraction of sp³-hybridized carbons (Fsp3) is 0.487. The summed E-state index contributed by atoms with van der Waals surface area (Å²) in [6.45, 7) is 10.6. The summed E-state index contributed by atoms with van der Waals surface area (Å²) in [6.07, 6.45) is 3.44. The number of amides is 1. The summed E-state index contributed by atoms with van der Waals surface area (Å²) in [5, 5.41) is 0. The molecule has 0 aliphatic carbocycles. The second kappa shape index (κ2) is 17.4. The molecule has 12 heteroatoms. The van der Waals surface area contributed by atoms with Gasteiger partial charge in [-0.25, -0.2) is 4.98 Å². The predicted octanol–water partition coefficient (Wildman–Crippen LogP) is 6.53. The van der Waals surface area contributed by atoms with Crippen LogP contribution in [0.2, 0.25) is 0 Å².